The number of anilines is 1. The summed E-state index contributed by atoms with van der Waals surface area (Å²) in [4.78, 5) is 15.0. The molecule has 0 aliphatic carbocycles. The van der Waals surface area contributed by atoms with Gasteiger partial charge in [-0.05, 0) is 36.5 Å². The third-order valence-electron chi connectivity index (χ3n) is 4.05. The topological polar surface area (TPSA) is 71.3 Å². The van der Waals surface area contributed by atoms with Crippen molar-refractivity contribution >= 4 is 34.5 Å². The number of carbonyl (C=O) groups excluding carboxylic acids is 1. The molecule has 160 valence electrons. The summed E-state index contributed by atoms with van der Waals surface area (Å²) in [6, 6.07) is 7.06. The number of hydrogen-bond acceptors (Lipinski definition) is 6. The summed E-state index contributed by atoms with van der Waals surface area (Å²) in [5, 5.41) is 12.0. The summed E-state index contributed by atoms with van der Waals surface area (Å²) in [5.74, 6) is 0.0696. The third kappa shape index (κ3) is 5.59. The van der Waals surface area contributed by atoms with E-state index in [0.717, 1.165) is 17.4 Å². The number of amides is 1. The molecule has 3 rings (SSSR count). The number of benzene rings is 1. The number of hydrogen-bond donors (Lipinski definition) is 1. The largest absolute Gasteiger partial charge is 0.419 e. The smallest absolute Gasteiger partial charge is 0.418 e. The fourth-order valence-electron chi connectivity index (χ4n) is 2.81. The van der Waals surface area contributed by atoms with E-state index in [9.17, 15) is 18.0 Å². The highest BCUT2D eigenvalue weighted by Crippen LogP contribution is 2.38. The Morgan fingerprint density at radius 1 is 1.27 bits per heavy atom. The Balaban J connectivity index is 1.69. The minimum Gasteiger partial charge on any atom is -0.419 e. The van der Waals surface area contributed by atoms with Crippen LogP contribution >= 0.6 is 22.9 Å². The molecular weight excluding hydrogens is 441 g/mol. The van der Waals surface area contributed by atoms with Gasteiger partial charge in [-0.2, -0.15) is 13.2 Å². The lowest BCUT2D eigenvalue weighted by Crippen LogP contribution is -2.34. The molecule has 0 aliphatic heterocycles. The molecule has 0 atom stereocenters. The molecule has 1 amide bonds. The van der Waals surface area contributed by atoms with E-state index >= 15 is 0 Å². The Kier molecular flexibility index (Phi) is 7.11. The van der Waals surface area contributed by atoms with Crippen molar-refractivity contribution in [3.05, 3.63) is 52.2 Å². The summed E-state index contributed by atoms with van der Waals surface area (Å²) in [7, 11) is 0. The van der Waals surface area contributed by atoms with E-state index in [1.54, 1.807) is 4.90 Å². The number of halogens is 4. The first kappa shape index (κ1) is 22.3. The van der Waals surface area contributed by atoms with Crippen molar-refractivity contribution in [3.8, 4) is 10.8 Å². The van der Waals surface area contributed by atoms with Gasteiger partial charge >= 0.3 is 6.18 Å². The molecule has 0 bridgehead atoms. The number of nitrogens with zero attached hydrogens (tertiary/aromatic N) is 3. The van der Waals surface area contributed by atoms with Crippen molar-refractivity contribution in [2.24, 2.45) is 0 Å². The highest BCUT2D eigenvalue weighted by molar-refractivity contribution is 7.13. The van der Waals surface area contributed by atoms with Gasteiger partial charge in [0.2, 0.25) is 11.8 Å². The van der Waals surface area contributed by atoms with Crippen molar-refractivity contribution in [1.82, 2.24) is 15.1 Å². The predicted molar refractivity (Wildman–Crippen MR) is 108 cm³/mol. The minimum absolute atomic E-state index is 0.160. The van der Waals surface area contributed by atoms with Crippen LogP contribution in [0, 0.1) is 0 Å². The molecule has 0 spiro atoms. The highest BCUT2D eigenvalue weighted by atomic mass is 35.5. The molecule has 0 radical (unpaired) electrons. The van der Waals surface area contributed by atoms with Crippen LogP contribution in [0.4, 0.5) is 18.9 Å². The van der Waals surface area contributed by atoms with Gasteiger partial charge in [-0.1, -0.05) is 30.7 Å². The molecule has 11 heteroatoms. The van der Waals surface area contributed by atoms with Crippen molar-refractivity contribution < 1.29 is 22.4 Å². The van der Waals surface area contributed by atoms with Crippen LogP contribution < -0.4 is 5.32 Å². The molecule has 1 aromatic carbocycles. The van der Waals surface area contributed by atoms with Gasteiger partial charge < -0.3 is 9.73 Å². The van der Waals surface area contributed by atoms with Crippen molar-refractivity contribution in [3.63, 3.8) is 0 Å². The first-order chi connectivity index (χ1) is 14.3. The lowest BCUT2D eigenvalue weighted by atomic mass is 10.1. The van der Waals surface area contributed by atoms with Crippen molar-refractivity contribution in [1.29, 1.82) is 0 Å². The van der Waals surface area contributed by atoms with Gasteiger partial charge in [-0.25, -0.2) is 0 Å². The fraction of sp³-hybridized carbons (Fsp3) is 0.316. The maximum absolute atomic E-state index is 13.2. The van der Waals surface area contributed by atoms with E-state index in [4.69, 9.17) is 16.0 Å². The fourth-order valence-corrected chi connectivity index (χ4v) is 3.67. The minimum atomic E-state index is -4.64. The first-order valence-electron chi connectivity index (χ1n) is 9.02. The zero-order valence-electron chi connectivity index (χ0n) is 15.9. The average Bonchev–Trinajstić information content (AvgIpc) is 3.34. The van der Waals surface area contributed by atoms with Crippen LogP contribution in [0.5, 0.6) is 0 Å². The van der Waals surface area contributed by atoms with E-state index in [1.165, 1.54) is 23.5 Å². The zero-order valence-corrected chi connectivity index (χ0v) is 17.4. The van der Waals surface area contributed by atoms with Gasteiger partial charge in [0.15, 0.2) is 0 Å². The second kappa shape index (κ2) is 9.59. The maximum Gasteiger partial charge on any atom is 0.418 e. The highest BCUT2D eigenvalue weighted by Gasteiger charge is 2.35. The van der Waals surface area contributed by atoms with Gasteiger partial charge in [0.05, 0.1) is 34.2 Å². The number of nitrogens with one attached hydrogen (secondary N) is 1. The summed E-state index contributed by atoms with van der Waals surface area (Å²) in [6.07, 6.45) is -3.92. The molecule has 0 saturated carbocycles. The van der Waals surface area contributed by atoms with E-state index in [1.807, 2.05) is 24.4 Å². The van der Waals surface area contributed by atoms with Gasteiger partial charge in [0.25, 0.3) is 5.89 Å². The van der Waals surface area contributed by atoms with Crippen molar-refractivity contribution in [2.45, 2.75) is 26.1 Å². The van der Waals surface area contributed by atoms with Gasteiger partial charge in [-0.15, -0.1) is 21.5 Å². The molecule has 0 aliphatic rings. The molecule has 6 nitrogen and oxygen atoms in total. The van der Waals surface area contributed by atoms with Gasteiger partial charge in [0, 0.05) is 0 Å². The number of carbonyl (C=O) groups is 1. The third-order valence-corrected chi connectivity index (χ3v) is 5.22. The number of para-hydroxylation sites is 1. The Labute approximate surface area is 179 Å². The maximum atomic E-state index is 13.2. The summed E-state index contributed by atoms with van der Waals surface area (Å²) in [6.45, 7) is 2.46. The van der Waals surface area contributed by atoms with Crippen molar-refractivity contribution in [2.75, 3.05) is 18.4 Å². The van der Waals surface area contributed by atoms with Crippen LogP contribution in [0.2, 0.25) is 5.02 Å². The van der Waals surface area contributed by atoms with Crippen LogP contribution in [0.25, 0.3) is 10.8 Å². The second-order valence-electron chi connectivity index (χ2n) is 6.40. The Hall–Kier alpha value is -2.43. The Morgan fingerprint density at radius 3 is 2.73 bits per heavy atom. The molecule has 30 heavy (non-hydrogen) atoms. The lowest BCUT2D eigenvalue weighted by Gasteiger charge is -2.20. The lowest BCUT2D eigenvalue weighted by molar-refractivity contribution is -0.137. The van der Waals surface area contributed by atoms with E-state index in [-0.39, 0.29) is 18.1 Å². The van der Waals surface area contributed by atoms with Crippen LogP contribution in [-0.2, 0) is 17.5 Å². The average molecular weight is 459 g/mol. The molecule has 0 saturated heterocycles. The normalized spacial score (nSPS) is 11.8. The van der Waals surface area contributed by atoms with Crippen LogP contribution in [-0.4, -0.2) is 34.1 Å². The molecule has 1 N–H and O–H groups in total. The number of thiophene rings is 1. The van der Waals surface area contributed by atoms with Gasteiger partial charge in [-0.3, -0.25) is 9.69 Å². The summed E-state index contributed by atoms with van der Waals surface area (Å²) < 4.78 is 45.3. The van der Waals surface area contributed by atoms with Gasteiger partial charge in [0.1, 0.15) is 0 Å². The predicted octanol–water partition coefficient (Wildman–Crippen LogP) is 5.32. The molecular formula is C19H18ClF3N4O2S. The van der Waals surface area contributed by atoms with E-state index in [0.29, 0.717) is 18.3 Å². The van der Waals surface area contributed by atoms with E-state index in [2.05, 4.69) is 15.5 Å². The molecule has 0 fully saturated rings. The standard InChI is InChI=1S/C19H18ClF3N4O2S/c1-2-8-27(11-16-25-26-18(29-16)14-7-4-9-30-14)10-15(28)24-17-12(19(21,22)23)5-3-6-13(17)20/h3-7,9H,2,8,10-11H2,1H3,(H,24,28). The second-order valence-corrected chi connectivity index (χ2v) is 7.75. The molecule has 2 heterocycles. The first-order valence-corrected chi connectivity index (χ1v) is 10.3. The Bertz CT molecular complexity index is 992. The molecule has 0 unspecified atom stereocenters. The number of aromatic nitrogens is 2. The zero-order chi connectivity index (χ0) is 21.7. The Morgan fingerprint density at radius 2 is 2.07 bits per heavy atom. The van der Waals surface area contributed by atoms with Crippen LogP contribution in [0.3, 0.4) is 0 Å². The monoisotopic (exact) mass is 458 g/mol. The number of alkyl halides is 3. The summed E-state index contributed by atoms with van der Waals surface area (Å²) >= 11 is 7.35. The number of rotatable bonds is 8. The molecule has 3 aromatic rings. The SMILES string of the molecule is CCCN(CC(=O)Nc1c(Cl)cccc1C(F)(F)F)Cc1nnc(-c2cccs2)o1. The van der Waals surface area contributed by atoms with Crippen LogP contribution in [0.1, 0.15) is 24.8 Å². The molecule has 2 aromatic heterocycles. The van der Waals surface area contributed by atoms with Crippen LogP contribution in [0.15, 0.2) is 40.1 Å². The van der Waals surface area contributed by atoms with E-state index < -0.39 is 23.3 Å². The quantitative estimate of drug-likeness (QED) is 0.494. The summed E-state index contributed by atoms with van der Waals surface area (Å²) in [5.41, 5.74) is -1.45.